The van der Waals surface area contributed by atoms with Gasteiger partial charge in [-0.3, -0.25) is 14.2 Å². The molecule has 2 aromatic carbocycles. The number of nitrogens with zero attached hydrogens (tertiary/aromatic N) is 6. The Morgan fingerprint density at radius 2 is 2.00 bits per heavy atom. The van der Waals surface area contributed by atoms with Gasteiger partial charge in [0.15, 0.2) is 0 Å². The highest BCUT2D eigenvalue weighted by Crippen LogP contribution is 2.47. The maximum atomic E-state index is 15.9. The van der Waals surface area contributed by atoms with Crippen LogP contribution in [0.1, 0.15) is 18.7 Å². The van der Waals surface area contributed by atoms with Crippen molar-refractivity contribution in [3.05, 3.63) is 84.0 Å². The first-order valence-electron chi connectivity index (χ1n) is 14.4. The number of aliphatic hydroxyl groups excluding tert-OH is 1. The van der Waals surface area contributed by atoms with Crippen molar-refractivity contribution in [3.8, 4) is 39.5 Å². The van der Waals surface area contributed by atoms with Crippen molar-refractivity contribution in [2.24, 2.45) is 7.05 Å². The lowest BCUT2D eigenvalue weighted by Gasteiger charge is -2.33. The number of aliphatic hydroxyl groups is 1. The van der Waals surface area contributed by atoms with Crippen LogP contribution in [0.15, 0.2) is 66.7 Å². The SMILES string of the molecule is C=CC(=O)N1CCn2nc(-c3nc(-c4ccc5cnn(C)c5c4)c4ccsc4c3-c3c(F)cc(F)cc3OCCO)cc2C1C. The van der Waals surface area contributed by atoms with E-state index in [1.54, 1.807) is 15.8 Å². The number of hydrogen-bond acceptors (Lipinski definition) is 7. The minimum absolute atomic E-state index is 0.0240. The molecule has 1 aliphatic heterocycles. The molecule has 0 saturated carbocycles. The van der Waals surface area contributed by atoms with Gasteiger partial charge >= 0.3 is 0 Å². The molecule has 5 heterocycles. The molecule has 4 aromatic heterocycles. The zero-order valence-electron chi connectivity index (χ0n) is 24.5. The fourth-order valence-electron chi connectivity index (χ4n) is 6.05. The first-order valence-corrected chi connectivity index (χ1v) is 15.2. The predicted octanol–water partition coefficient (Wildman–Crippen LogP) is 6.12. The summed E-state index contributed by atoms with van der Waals surface area (Å²) in [5.74, 6) is -1.86. The standard InChI is InChI=1S/C33H28F2N6O3S/c1-4-28(43)40-8-9-41-25(18(40)2)16-24(38-41)32-30(29-23(35)14-21(34)15-27(29)44-11-10-42)33-22(7-12-45-33)31(37-32)19-5-6-20-17-36-39(3)26(20)13-19/h4-7,12-18,42H,1,8-11H2,2-3H3. The monoisotopic (exact) mass is 626 g/mol. The molecule has 1 unspecified atom stereocenters. The summed E-state index contributed by atoms with van der Waals surface area (Å²) in [4.78, 5) is 19.5. The van der Waals surface area contributed by atoms with E-state index in [2.05, 4.69) is 11.7 Å². The third-order valence-electron chi connectivity index (χ3n) is 8.21. The number of carbonyl (C=O) groups is 1. The van der Waals surface area contributed by atoms with E-state index < -0.39 is 11.6 Å². The number of aromatic nitrogens is 5. The Kier molecular flexibility index (Phi) is 7.17. The zero-order chi connectivity index (χ0) is 31.4. The molecule has 0 aliphatic carbocycles. The van der Waals surface area contributed by atoms with Crippen LogP contribution >= 0.6 is 11.3 Å². The van der Waals surface area contributed by atoms with Crippen LogP contribution in [0.5, 0.6) is 5.75 Å². The third kappa shape index (κ3) is 4.77. The summed E-state index contributed by atoms with van der Waals surface area (Å²) < 4.78 is 40.5. The number of benzene rings is 2. The molecule has 1 atom stereocenters. The number of carbonyl (C=O) groups excluding carboxylic acids is 1. The molecular weight excluding hydrogens is 598 g/mol. The van der Waals surface area contributed by atoms with Gasteiger partial charge in [-0.2, -0.15) is 10.2 Å². The number of thiophene rings is 1. The first kappa shape index (κ1) is 28.8. The molecule has 0 fully saturated rings. The van der Waals surface area contributed by atoms with Crippen molar-refractivity contribution < 1.29 is 23.4 Å². The number of fused-ring (bicyclic) bond motifs is 3. The Bertz CT molecular complexity index is 2130. The minimum Gasteiger partial charge on any atom is -0.490 e. The van der Waals surface area contributed by atoms with Crippen molar-refractivity contribution in [1.29, 1.82) is 0 Å². The maximum absolute atomic E-state index is 15.9. The molecule has 228 valence electrons. The van der Waals surface area contributed by atoms with Gasteiger partial charge < -0.3 is 14.7 Å². The number of pyridine rings is 1. The lowest BCUT2D eigenvalue weighted by Crippen LogP contribution is -2.40. The summed E-state index contributed by atoms with van der Waals surface area (Å²) in [5.41, 5.74) is 4.48. The van der Waals surface area contributed by atoms with Gasteiger partial charge in [0.05, 0.1) is 47.9 Å². The van der Waals surface area contributed by atoms with Gasteiger partial charge in [-0.1, -0.05) is 18.7 Å². The van der Waals surface area contributed by atoms with E-state index in [-0.39, 0.29) is 36.5 Å². The normalized spacial score (nSPS) is 14.7. The zero-order valence-corrected chi connectivity index (χ0v) is 25.3. The van der Waals surface area contributed by atoms with Crippen LogP contribution < -0.4 is 4.74 Å². The number of hydrogen-bond donors (Lipinski definition) is 1. The molecule has 1 N–H and O–H groups in total. The van der Waals surface area contributed by atoms with Crippen molar-refractivity contribution in [1.82, 2.24) is 29.4 Å². The summed E-state index contributed by atoms with van der Waals surface area (Å²) in [6, 6.07) is 11.4. The summed E-state index contributed by atoms with van der Waals surface area (Å²) in [5, 5.41) is 22.4. The van der Waals surface area contributed by atoms with Crippen LogP contribution in [0.25, 0.3) is 54.8 Å². The van der Waals surface area contributed by atoms with E-state index in [0.717, 1.165) is 39.7 Å². The van der Waals surface area contributed by atoms with Gasteiger partial charge in [0, 0.05) is 52.3 Å². The van der Waals surface area contributed by atoms with Crippen LogP contribution in [0.3, 0.4) is 0 Å². The molecule has 9 nitrogen and oxygen atoms in total. The average Bonchev–Trinajstić information content (AvgIpc) is 3.78. The molecule has 0 spiro atoms. The largest absolute Gasteiger partial charge is 0.490 e. The Hall–Kier alpha value is -4.94. The third-order valence-corrected chi connectivity index (χ3v) is 9.14. The molecular formula is C33H28F2N6O3S. The summed E-state index contributed by atoms with van der Waals surface area (Å²) in [6.45, 7) is 5.97. The summed E-state index contributed by atoms with van der Waals surface area (Å²) in [7, 11) is 1.87. The minimum atomic E-state index is -0.829. The van der Waals surface area contributed by atoms with E-state index in [9.17, 15) is 14.3 Å². The van der Waals surface area contributed by atoms with Gasteiger partial charge in [-0.05, 0) is 36.6 Å². The molecule has 1 amide bonds. The average molecular weight is 627 g/mol. The maximum Gasteiger partial charge on any atom is 0.246 e. The smallest absolute Gasteiger partial charge is 0.246 e. The second kappa shape index (κ2) is 11.2. The van der Waals surface area contributed by atoms with Gasteiger partial charge in [-0.25, -0.2) is 13.8 Å². The molecule has 45 heavy (non-hydrogen) atoms. The fraction of sp³-hybridized carbons (Fsp3) is 0.212. The highest BCUT2D eigenvalue weighted by Gasteiger charge is 2.31. The number of ether oxygens (including phenoxy) is 1. The quantitative estimate of drug-likeness (QED) is 0.215. The van der Waals surface area contributed by atoms with Crippen molar-refractivity contribution in [2.75, 3.05) is 19.8 Å². The number of aryl methyl sites for hydroxylation is 1. The van der Waals surface area contributed by atoms with Gasteiger partial charge in [0.1, 0.15) is 35.4 Å². The molecule has 7 rings (SSSR count). The van der Waals surface area contributed by atoms with E-state index in [4.69, 9.17) is 14.8 Å². The van der Waals surface area contributed by atoms with Crippen LogP contribution in [-0.4, -0.2) is 60.2 Å². The van der Waals surface area contributed by atoms with E-state index in [1.165, 1.54) is 17.4 Å². The molecule has 6 aromatic rings. The molecule has 1 aliphatic rings. The second-order valence-corrected chi connectivity index (χ2v) is 11.7. The molecule has 0 bridgehead atoms. The van der Waals surface area contributed by atoms with Crippen LogP contribution in [0, 0.1) is 11.6 Å². The van der Waals surface area contributed by atoms with Gasteiger partial charge in [-0.15, -0.1) is 11.3 Å². The lowest BCUT2D eigenvalue weighted by atomic mass is 9.96. The first-order chi connectivity index (χ1) is 21.8. The van der Waals surface area contributed by atoms with Crippen LogP contribution in [0.2, 0.25) is 0 Å². The number of rotatable bonds is 7. The van der Waals surface area contributed by atoms with E-state index in [1.807, 2.05) is 54.4 Å². The second-order valence-electron chi connectivity index (χ2n) is 10.8. The predicted molar refractivity (Wildman–Crippen MR) is 169 cm³/mol. The number of halogens is 2. The topological polar surface area (TPSA) is 98.3 Å². The van der Waals surface area contributed by atoms with E-state index in [0.29, 0.717) is 40.4 Å². The lowest BCUT2D eigenvalue weighted by molar-refractivity contribution is -0.129. The highest BCUT2D eigenvalue weighted by molar-refractivity contribution is 7.18. The Labute approximate surface area is 260 Å². The Balaban J connectivity index is 1.52. The summed E-state index contributed by atoms with van der Waals surface area (Å²) >= 11 is 1.40. The van der Waals surface area contributed by atoms with Crippen LogP contribution in [-0.2, 0) is 18.4 Å². The van der Waals surface area contributed by atoms with Crippen LogP contribution in [0.4, 0.5) is 8.78 Å². The molecule has 12 heteroatoms. The Morgan fingerprint density at radius 3 is 2.80 bits per heavy atom. The van der Waals surface area contributed by atoms with Crippen molar-refractivity contribution in [3.63, 3.8) is 0 Å². The van der Waals surface area contributed by atoms with E-state index >= 15 is 4.39 Å². The van der Waals surface area contributed by atoms with Crippen molar-refractivity contribution in [2.45, 2.75) is 19.5 Å². The highest BCUT2D eigenvalue weighted by atomic mass is 32.1. The molecule has 0 saturated heterocycles. The fourth-order valence-corrected chi connectivity index (χ4v) is 7.00. The van der Waals surface area contributed by atoms with Gasteiger partial charge in [0.2, 0.25) is 5.91 Å². The Morgan fingerprint density at radius 1 is 1.16 bits per heavy atom. The van der Waals surface area contributed by atoms with Crippen molar-refractivity contribution >= 4 is 38.2 Å². The van der Waals surface area contributed by atoms with Gasteiger partial charge in [0.25, 0.3) is 0 Å². The summed E-state index contributed by atoms with van der Waals surface area (Å²) in [6.07, 6.45) is 3.09. The number of amides is 1. The molecule has 0 radical (unpaired) electrons.